The Bertz CT molecular complexity index is 587. The van der Waals surface area contributed by atoms with Crippen molar-refractivity contribution < 1.29 is 13.9 Å². The van der Waals surface area contributed by atoms with Gasteiger partial charge in [-0.2, -0.15) is 0 Å². The van der Waals surface area contributed by atoms with Gasteiger partial charge in [0.15, 0.2) is 0 Å². The molecule has 20 heavy (non-hydrogen) atoms. The Kier molecular flexibility index (Phi) is 5.34. The van der Waals surface area contributed by atoms with Crippen LogP contribution in [0.3, 0.4) is 0 Å². The maximum Gasteiger partial charge on any atom is 0.251 e. The molecule has 0 aliphatic heterocycles. The van der Waals surface area contributed by atoms with Crippen molar-refractivity contribution in [2.45, 2.75) is 0 Å². The van der Waals surface area contributed by atoms with Crippen LogP contribution >= 0.6 is 22.6 Å². The number of nitrogens with one attached hydrogen (secondary N) is 1. The van der Waals surface area contributed by atoms with E-state index >= 15 is 0 Å². The number of ether oxygens (including phenoxy) is 1. The highest BCUT2D eigenvalue weighted by Gasteiger charge is 2.04. The minimum absolute atomic E-state index is 0.133. The first-order chi connectivity index (χ1) is 9.65. The molecular weight excluding hydrogens is 372 g/mol. The smallest absolute Gasteiger partial charge is 0.251 e. The minimum atomic E-state index is -0.302. The second-order valence-electron chi connectivity index (χ2n) is 4.07. The molecule has 0 fully saturated rings. The fraction of sp³-hybridized carbons (Fsp3) is 0.133. The van der Waals surface area contributed by atoms with E-state index in [4.69, 9.17) is 4.74 Å². The molecule has 1 amide bonds. The summed E-state index contributed by atoms with van der Waals surface area (Å²) in [7, 11) is 0. The van der Waals surface area contributed by atoms with Crippen molar-refractivity contribution in [2.24, 2.45) is 0 Å². The Balaban J connectivity index is 1.76. The Labute approximate surface area is 130 Å². The maximum absolute atomic E-state index is 12.7. The average Bonchev–Trinajstić information content (AvgIpc) is 2.45. The van der Waals surface area contributed by atoms with Gasteiger partial charge < -0.3 is 10.1 Å². The van der Waals surface area contributed by atoms with Gasteiger partial charge in [-0.25, -0.2) is 4.39 Å². The average molecular weight is 385 g/mol. The number of halogens is 2. The van der Waals surface area contributed by atoms with E-state index in [2.05, 4.69) is 27.9 Å². The molecule has 0 aliphatic rings. The Morgan fingerprint density at radius 1 is 1.20 bits per heavy atom. The number of carbonyl (C=O) groups excluding carboxylic acids is 1. The predicted octanol–water partition coefficient (Wildman–Crippen LogP) is 3.24. The predicted molar refractivity (Wildman–Crippen MR) is 83.4 cm³/mol. The van der Waals surface area contributed by atoms with E-state index < -0.39 is 0 Å². The number of hydrogen-bond donors (Lipinski definition) is 1. The van der Waals surface area contributed by atoms with E-state index in [1.54, 1.807) is 18.2 Å². The summed E-state index contributed by atoms with van der Waals surface area (Å²) in [4.78, 5) is 11.8. The molecule has 0 saturated carbocycles. The highest BCUT2D eigenvalue weighted by atomic mass is 127. The van der Waals surface area contributed by atoms with Crippen LogP contribution in [-0.4, -0.2) is 19.1 Å². The monoisotopic (exact) mass is 385 g/mol. The largest absolute Gasteiger partial charge is 0.492 e. The van der Waals surface area contributed by atoms with Crippen LogP contribution in [0.5, 0.6) is 5.75 Å². The number of amides is 1. The second kappa shape index (κ2) is 7.23. The second-order valence-corrected chi connectivity index (χ2v) is 5.31. The van der Waals surface area contributed by atoms with Gasteiger partial charge in [0.25, 0.3) is 5.91 Å². The van der Waals surface area contributed by atoms with E-state index in [0.29, 0.717) is 24.5 Å². The van der Waals surface area contributed by atoms with Gasteiger partial charge in [-0.05, 0) is 65.1 Å². The molecule has 0 saturated heterocycles. The van der Waals surface area contributed by atoms with Gasteiger partial charge in [0.05, 0.1) is 6.54 Å². The first kappa shape index (κ1) is 14.8. The number of hydrogen-bond acceptors (Lipinski definition) is 2. The Morgan fingerprint density at radius 2 is 1.95 bits per heavy atom. The summed E-state index contributed by atoms with van der Waals surface area (Å²) in [5.74, 6) is 0.144. The summed E-state index contributed by atoms with van der Waals surface area (Å²) in [6, 6.07) is 13.1. The topological polar surface area (TPSA) is 38.3 Å². The molecule has 0 unspecified atom stereocenters. The molecule has 2 aromatic carbocycles. The third-order valence-corrected chi connectivity index (χ3v) is 3.23. The molecule has 3 nitrogen and oxygen atoms in total. The summed E-state index contributed by atoms with van der Waals surface area (Å²) >= 11 is 2.16. The SMILES string of the molecule is O=C(NCCOc1ccc(F)cc1)c1cccc(I)c1. The van der Waals surface area contributed by atoms with E-state index in [0.717, 1.165) is 3.57 Å². The maximum atomic E-state index is 12.7. The molecule has 0 radical (unpaired) electrons. The zero-order valence-corrected chi connectivity index (χ0v) is 12.8. The first-order valence-corrected chi connectivity index (χ1v) is 7.15. The summed E-state index contributed by atoms with van der Waals surface area (Å²) in [6.45, 7) is 0.725. The van der Waals surface area contributed by atoms with Gasteiger partial charge in [-0.1, -0.05) is 6.07 Å². The minimum Gasteiger partial charge on any atom is -0.492 e. The molecule has 0 spiro atoms. The van der Waals surface area contributed by atoms with Crippen LogP contribution in [0.15, 0.2) is 48.5 Å². The molecule has 104 valence electrons. The van der Waals surface area contributed by atoms with Gasteiger partial charge >= 0.3 is 0 Å². The fourth-order valence-electron chi connectivity index (χ4n) is 1.60. The lowest BCUT2D eigenvalue weighted by molar-refractivity contribution is 0.0947. The lowest BCUT2D eigenvalue weighted by Gasteiger charge is -2.08. The third-order valence-electron chi connectivity index (χ3n) is 2.56. The number of carbonyl (C=O) groups is 1. The van der Waals surface area contributed by atoms with Gasteiger partial charge in [0.2, 0.25) is 0 Å². The summed E-state index contributed by atoms with van der Waals surface area (Å²) in [6.07, 6.45) is 0. The summed E-state index contributed by atoms with van der Waals surface area (Å²) in [5.41, 5.74) is 0.624. The van der Waals surface area contributed by atoms with E-state index in [1.165, 1.54) is 12.1 Å². The summed E-state index contributed by atoms with van der Waals surface area (Å²) in [5, 5.41) is 2.77. The zero-order valence-electron chi connectivity index (χ0n) is 10.6. The van der Waals surface area contributed by atoms with Crippen molar-refractivity contribution >= 4 is 28.5 Å². The van der Waals surface area contributed by atoms with Crippen molar-refractivity contribution in [1.29, 1.82) is 0 Å². The van der Waals surface area contributed by atoms with Crippen LogP contribution < -0.4 is 10.1 Å². The molecule has 2 aromatic rings. The molecule has 0 aromatic heterocycles. The van der Waals surface area contributed by atoms with Crippen LogP contribution in [0.4, 0.5) is 4.39 Å². The van der Waals surface area contributed by atoms with Crippen molar-refractivity contribution in [2.75, 3.05) is 13.2 Å². The number of benzene rings is 2. The van der Waals surface area contributed by atoms with Gasteiger partial charge in [0, 0.05) is 9.13 Å². The first-order valence-electron chi connectivity index (χ1n) is 6.07. The molecule has 1 N–H and O–H groups in total. The van der Waals surface area contributed by atoms with Crippen molar-refractivity contribution in [1.82, 2.24) is 5.32 Å². The molecule has 2 rings (SSSR count). The highest BCUT2D eigenvalue weighted by Crippen LogP contribution is 2.10. The quantitative estimate of drug-likeness (QED) is 0.634. The van der Waals surface area contributed by atoms with Crippen LogP contribution in [0, 0.1) is 9.39 Å². The lowest BCUT2D eigenvalue weighted by atomic mass is 10.2. The molecule has 0 aliphatic carbocycles. The van der Waals surface area contributed by atoms with Crippen molar-refractivity contribution in [3.05, 3.63) is 63.5 Å². The standard InChI is InChI=1S/C15H13FINO2/c16-12-4-6-14(7-5-12)20-9-8-18-15(19)11-2-1-3-13(17)10-11/h1-7,10H,8-9H2,(H,18,19). The molecule has 0 atom stereocenters. The highest BCUT2D eigenvalue weighted by molar-refractivity contribution is 14.1. The Hall–Kier alpha value is -1.63. The van der Waals surface area contributed by atoms with Crippen molar-refractivity contribution in [3.8, 4) is 5.75 Å². The van der Waals surface area contributed by atoms with E-state index in [1.807, 2.05) is 18.2 Å². The molecule has 5 heteroatoms. The van der Waals surface area contributed by atoms with Crippen molar-refractivity contribution in [3.63, 3.8) is 0 Å². The Morgan fingerprint density at radius 3 is 2.65 bits per heavy atom. The van der Waals surface area contributed by atoms with Crippen LogP contribution in [-0.2, 0) is 0 Å². The van der Waals surface area contributed by atoms with Crippen LogP contribution in [0.25, 0.3) is 0 Å². The molecule has 0 bridgehead atoms. The zero-order chi connectivity index (χ0) is 14.4. The fourth-order valence-corrected chi connectivity index (χ4v) is 2.14. The lowest BCUT2D eigenvalue weighted by Crippen LogP contribution is -2.28. The van der Waals surface area contributed by atoms with Crippen LogP contribution in [0.2, 0.25) is 0 Å². The van der Waals surface area contributed by atoms with Gasteiger partial charge in [-0.3, -0.25) is 4.79 Å². The van der Waals surface area contributed by atoms with Gasteiger partial charge in [-0.15, -0.1) is 0 Å². The van der Waals surface area contributed by atoms with E-state index in [9.17, 15) is 9.18 Å². The normalized spacial score (nSPS) is 10.1. The number of rotatable bonds is 5. The third kappa shape index (κ3) is 4.48. The van der Waals surface area contributed by atoms with Gasteiger partial charge in [0.1, 0.15) is 18.2 Å². The molecular formula is C15H13FINO2. The summed E-state index contributed by atoms with van der Waals surface area (Å²) < 4.78 is 19.1. The van der Waals surface area contributed by atoms with Crippen LogP contribution in [0.1, 0.15) is 10.4 Å². The molecule has 0 heterocycles. The van der Waals surface area contributed by atoms with E-state index in [-0.39, 0.29) is 11.7 Å².